The molecular weight excluding hydrogens is 400 g/mol. The van der Waals surface area contributed by atoms with Crippen molar-refractivity contribution in [2.75, 3.05) is 20.2 Å². The van der Waals surface area contributed by atoms with Gasteiger partial charge in [-0.3, -0.25) is 4.79 Å². The average Bonchev–Trinajstić information content (AvgIpc) is 2.70. The van der Waals surface area contributed by atoms with E-state index in [-0.39, 0.29) is 28.9 Å². The first-order valence-corrected chi connectivity index (χ1v) is 11.7. The number of ether oxygens (including phenoxy) is 1. The minimum absolute atomic E-state index is 0.0185. The predicted octanol–water partition coefficient (Wildman–Crippen LogP) is 3.12. The van der Waals surface area contributed by atoms with E-state index in [1.165, 1.54) is 4.31 Å². The molecule has 8 heteroatoms. The van der Waals surface area contributed by atoms with Crippen LogP contribution in [0.5, 0.6) is 0 Å². The van der Waals surface area contributed by atoms with Crippen molar-refractivity contribution in [1.29, 1.82) is 0 Å². The molecule has 28 heavy (non-hydrogen) atoms. The quantitative estimate of drug-likeness (QED) is 0.781. The molecule has 6 nitrogen and oxygen atoms in total. The maximum atomic E-state index is 13.1. The largest absolute Gasteiger partial charge is 0.381 e. The van der Waals surface area contributed by atoms with Gasteiger partial charge in [-0.15, -0.1) is 0 Å². The number of methoxy groups -OCH3 is 1. The Balaban J connectivity index is 1.67. The Kier molecular flexibility index (Phi) is 7.02. The van der Waals surface area contributed by atoms with Gasteiger partial charge in [-0.1, -0.05) is 24.1 Å². The molecular formula is C20H29ClN2O4S. The van der Waals surface area contributed by atoms with Gasteiger partial charge in [0.05, 0.1) is 11.0 Å². The van der Waals surface area contributed by atoms with Crippen LogP contribution in [0.3, 0.4) is 0 Å². The highest BCUT2D eigenvalue weighted by molar-refractivity contribution is 7.89. The maximum absolute atomic E-state index is 13.1. The van der Waals surface area contributed by atoms with Gasteiger partial charge in [0.1, 0.15) is 0 Å². The molecule has 2 fully saturated rings. The van der Waals surface area contributed by atoms with Crippen molar-refractivity contribution in [2.24, 2.45) is 5.92 Å². The molecule has 1 aliphatic heterocycles. The highest BCUT2D eigenvalue weighted by atomic mass is 35.5. The van der Waals surface area contributed by atoms with E-state index in [1.807, 2.05) is 0 Å². The van der Waals surface area contributed by atoms with E-state index >= 15 is 0 Å². The van der Waals surface area contributed by atoms with Gasteiger partial charge in [0, 0.05) is 37.2 Å². The zero-order chi connectivity index (χ0) is 20.3. The Morgan fingerprint density at radius 1 is 1.25 bits per heavy atom. The van der Waals surface area contributed by atoms with Crippen LogP contribution in [-0.4, -0.2) is 51.0 Å². The van der Waals surface area contributed by atoms with Gasteiger partial charge in [0.15, 0.2) is 0 Å². The van der Waals surface area contributed by atoms with Crippen LogP contribution in [0.4, 0.5) is 0 Å². The first-order valence-electron chi connectivity index (χ1n) is 9.91. The lowest BCUT2D eigenvalue weighted by molar-refractivity contribution is -0.128. The molecule has 3 atom stereocenters. The number of carbonyl (C=O) groups is 1. The molecule has 1 aromatic carbocycles. The smallest absolute Gasteiger partial charge is 0.243 e. The summed E-state index contributed by atoms with van der Waals surface area (Å²) in [6, 6.07) is 4.76. The number of hydrogen-bond donors (Lipinski definition) is 1. The fourth-order valence-electron chi connectivity index (χ4n) is 4.20. The molecule has 1 aliphatic carbocycles. The normalized spacial score (nSPS) is 26.8. The number of nitrogens with zero attached hydrogens (tertiary/aromatic N) is 1. The van der Waals surface area contributed by atoms with Gasteiger partial charge in [0.25, 0.3) is 0 Å². The molecule has 0 bridgehead atoms. The third-order valence-electron chi connectivity index (χ3n) is 5.90. The zero-order valence-corrected chi connectivity index (χ0v) is 18.1. The Bertz CT molecular complexity index is 814. The Hall–Kier alpha value is -1.15. The number of amides is 1. The number of halogens is 1. The fraction of sp³-hybridized carbons (Fsp3) is 0.650. The van der Waals surface area contributed by atoms with Crippen LogP contribution < -0.4 is 5.32 Å². The zero-order valence-electron chi connectivity index (χ0n) is 16.5. The predicted molar refractivity (Wildman–Crippen MR) is 109 cm³/mol. The topological polar surface area (TPSA) is 75.7 Å². The second-order valence-electron chi connectivity index (χ2n) is 7.80. The summed E-state index contributed by atoms with van der Waals surface area (Å²) in [6.45, 7) is 2.46. The van der Waals surface area contributed by atoms with E-state index in [1.54, 1.807) is 32.2 Å². The summed E-state index contributed by atoms with van der Waals surface area (Å²) in [4.78, 5) is 12.9. The Labute approximate surface area is 172 Å². The molecule has 1 amide bonds. The highest BCUT2D eigenvalue weighted by Crippen LogP contribution is 2.29. The van der Waals surface area contributed by atoms with E-state index in [4.69, 9.17) is 16.3 Å². The third kappa shape index (κ3) is 4.70. The van der Waals surface area contributed by atoms with E-state index in [0.29, 0.717) is 23.7 Å². The summed E-state index contributed by atoms with van der Waals surface area (Å²) < 4.78 is 33.1. The molecule has 0 aromatic heterocycles. The summed E-state index contributed by atoms with van der Waals surface area (Å²) in [5.41, 5.74) is 0.558. The minimum atomic E-state index is -3.64. The molecule has 1 unspecified atom stereocenters. The van der Waals surface area contributed by atoms with Gasteiger partial charge < -0.3 is 10.1 Å². The first kappa shape index (κ1) is 21.6. The van der Waals surface area contributed by atoms with Gasteiger partial charge >= 0.3 is 0 Å². The number of benzene rings is 1. The Morgan fingerprint density at radius 3 is 2.79 bits per heavy atom. The molecule has 0 spiro atoms. The molecule has 1 saturated carbocycles. The molecule has 1 saturated heterocycles. The van der Waals surface area contributed by atoms with Gasteiger partial charge in [-0.2, -0.15) is 4.31 Å². The van der Waals surface area contributed by atoms with Crippen LogP contribution in [-0.2, 0) is 19.6 Å². The summed E-state index contributed by atoms with van der Waals surface area (Å²) >= 11 is 6.12. The summed E-state index contributed by atoms with van der Waals surface area (Å²) in [5, 5.41) is 3.52. The molecule has 156 valence electrons. The van der Waals surface area contributed by atoms with Gasteiger partial charge in [-0.05, 0) is 56.7 Å². The fourth-order valence-corrected chi connectivity index (χ4v) is 6.20. The standard InChI is InChI=1S/C20H29ClN2O4S/c1-14-18(21)9-4-10-19(14)28(25,26)23-11-5-7-16(13-23)22-20(24)15-6-3-8-17(12-15)27-2/h4,9-10,15-17H,3,5-8,11-13H2,1-2H3,(H,22,24)/t15-,16?,17-/m0/s1. The van der Waals surface area contributed by atoms with Crippen LogP contribution in [0.1, 0.15) is 44.1 Å². The van der Waals surface area contributed by atoms with Crippen LogP contribution >= 0.6 is 11.6 Å². The van der Waals surface area contributed by atoms with Crippen LogP contribution in [0, 0.1) is 12.8 Å². The van der Waals surface area contributed by atoms with Crippen molar-refractivity contribution >= 4 is 27.5 Å². The average molecular weight is 429 g/mol. The van der Waals surface area contributed by atoms with E-state index in [2.05, 4.69) is 5.32 Å². The van der Waals surface area contributed by atoms with Crippen molar-refractivity contribution in [3.8, 4) is 0 Å². The lowest BCUT2D eigenvalue weighted by Gasteiger charge is -2.34. The van der Waals surface area contributed by atoms with Crippen LogP contribution in [0.25, 0.3) is 0 Å². The maximum Gasteiger partial charge on any atom is 0.243 e. The number of rotatable bonds is 5. The molecule has 1 heterocycles. The second kappa shape index (κ2) is 9.11. The van der Waals surface area contributed by atoms with Gasteiger partial charge in [-0.25, -0.2) is 8.42 Å². The second-order valence-corrected chi connectivity index (χ2v) is 10.1. The summed E-state index contributed by atoms with van der Waals surface area (Å²) in [5.74, 6) is -0.0363. The third-order valence-corrected chi connectivity index (χ3v) is 8.32. The number of piperidine rings is 1. The molecule has 1 N–H and O–H groups in total. The number of carbonyl (C=O) groups excluding carboxylic acids is 1. The van der Waals surface area contributed by atoms with Crippen molar-refractivity contribution in [3.05, 3.63) is 28.8 Å². The monoisotopic (exact) mass is 428 g/mol. The van der Waals surface area contributed by atoms with Crippen LogP contribution in [0.2, 0.25) is 5.02 Å². The van der Waals surface area contributed by atoms with E-state index in [0.717, 1.165) is 38.5 Å². The van der Waals surface area contributed by atoms with Crippen LogP contribution in [0.15, 0.2) is 23.1 Å². The summed E-state index contributed by atoms with van der Waals surface area (Å²) in [6.07, 6.45) is 5.21. The van der Waals surface area contributed by atoms with Crippen molar-refractivity contribution < 1.29 is 17.9 Å². The van der Waals surface area contributed by atoms with E-state index in [9.17, 15) is 13.2 Å². The number of nitrogens with one attached hydrogen (secondary N) is 1. The minimum Gasteiger partial charge on any atom is -0.381 e. The molecule has 3 rings (SSSR count). The first-order chi connectivity index (χ1) is 13.3. The van der Waals surface area contributed by atoms with Crippen molar-refractivity contribution in [1.82, 2.24) is 9.62 Å². The lowest BCUT2D eigenvalue weighted by atomic mass is 9.86. The molecule has 2 aliphatic rings. The lowest BCUT2D eigenvalue weighted by Crippen LogP contribution is -2.51. The number of sulfonamides is 1. The SMILES string of the molecule is CO[C@H]1CCC[C@H](C(=O)NC2CCCN(S(=O)(=O)c3cccc(Cl)c3C)C2)C1. The van der Waals surface area contributed by atoms with Gasteiger partial charge in [0.2, 0.25) is 15.9 Å². The highest BCUT2D eigenvalue weighted by Gasteiger charge is 2.34. The Morgan fingerprint density at radius 2 is 2.04 bits per heavy atom. The van der Waals surface area contributed by atoms with Crippen molar-refractivity contribution in [3.63, 3.8) is 0 Å². The number of hydrogen-bond acceptors (Lipinski definition) is 4. The summed E-state index contributed by atoms with van der Waals surface area (Å²) in [7, 11) is -1.96. The van der Waals surface area contributed by atoms with E-state index < -0.39 is 10.0 Å². The van der Waals surface area contributed by atoms with Crippen molar-refractivity contribution in [2.45, 2.75) is 62.5 Å². The molecule has 1 aromatic rings. The molecule has 0 radical (unpaired) electrons.